The van der Waals surface area contributed by atoms with Crippen LogP contribution in [0.3, 0.4) is 0 Å². The predicted octanol–water partition coefficient (Wildman–Crippen LogP) is 1.18. The third-order valence-corrected chi connectivity index (χ3v) is 3.37. The van der Waals surface area contributed by atoms with Gasteiger partial charge in [-0.25, -0.2) is 0 Å². The fourth-order valence-electron chi connectivity index (χ4n) is 2.36. The molecule has 0 radical (unpaired) electrons. The molecule has 1 aromatic carbocycles. The standard InChI is InChI=1S/C15H19NO3/c1-10(17)16-9-8-14(18)15(19)13-7-3-5-11-4-2-6-12(11)13/h2-5,7,14-15,18-19H,6,8-9H2,1H3,(H,16,17). The van der Waals surface area contributed by atoms with E-state index < -0.39 is 12.2 Å². The summed E-state index contributed by atoms with van der Waals surface area (Å²) in [6.45, 7) is 1.79. The Kier molecular flexibility index (Phi) is 4.35. The highest BCUT2D eigenvalue weighted by Crippen LogP contribution is 2.29. The maximum atomic E-state index is 10.8. The average Bonchev–Trinajstić information content (AvgIpc) is 2.85. The van der Waals surface area contributed by atoms with Crippen LogP contribution in [0.2, 0.25) is 0 Å². The van der Waals surface area contributed by atoms with E-state index in [0.717, 1.165) is 23.1 Å². The van der Waals surface area contributed by atoms with Crippen molar-refractivity contribution in [1.82, 2.24) is 5.32 Å². The number of aliphatic hydroxyl groups is 2. The largest absolute Gasteiger partial charge is 0.390 e. The van der Waals surface area contributed by atoms with Crippen molar-refractivity contribution in [3.63, 3.8) is 0 Å². The molecule has 1 aliphatic carbocycles. The Hall–Kier alpha value is -1.65. The van der Waals surface area contributed by atoms with E-state index in [1.165, 1.54) is 6.92 Å². The molecule has 19 heavy (non-hydrogen) atoms. The number of hydrogen-bond acceptors (Lipinski definition) is 3. The van der Waals surface area contributed by atoms with E-state index >= 15 is 0 Å². The van der Waals surface area contributed by atoms with Crippen molar-refractivity contribution in [3.8, 4) is 0 Å². The Morgan fingerprint density at radius 3 is 2.95 bits per heavy atom. The first-order chi connectivity index (χ1) is 9.09. The molecule has 2 atom stereocenters. The summed E-state index contributed by atoms with van der Waals surface area (Å²) in [5.74, 6) is -0.133. The maximum absolute atomic E-state index is 10.8. The number of nitrogens with one attached hydrogen (secondary N) is 1. The molecule has 0 bridgehead atoms. The van der Waals surface area contributed by atoms with Crippen LogP contribution < -0.4 is 5.32 Å². The van der Waals surface area contributed by atoms with Crippen molar-refractivity contribution in [2.24, 2.45) is 0 Å². The number of carbonyl (C=O) groups excluding carboxylic acids is 1. The maximum Gasteiger partial charge on any atom is 0.216 e. The molecule has 0 spiro atoms. The number of aliphatic hydroxyl groups excluding tert-OH is 2. The Balaban J connectivity index is 2.02. The van der Waals surface area contributed by atoms with Crippen molar-refractivity contribution in [3.05, 3.63) is 41.0 Å². The minimum absolute atomic E-state index is 0.133. The summed E-state index contributed by atoms with van der Waals surface area (Å²) in [6, 6.07) is 5.73. The minimum atomic E-state index is -0.913. The minimum Gasteiger partial charge on any atom is -0.390 e. The fraction of sp³-hybridized carbons (Fsp3) is 0.400. The van der Waals surface area contributed by atoms with Crippen LogP contribution in [-0.2, 0) is 11.2 Å². The molecule has 1 amide bonds. The molecule has 0 fully saturated rings. The van der Waals surface area contributed by atoms with Crippen LogP contribution in [0.25, 0.3) is 6.08 Å². The Labute approximate surface area is 112 Å². The molecular weight excluding hydrogens is 242 g/mol. The van der Waals surface area contributed by atoms with Gasteiger partial charge >= 0.3 is 0 Å². The smallest absolute Gasteiger partial charge is 0.216 e. The summed E-state index contributed by atoms with van der Waals surface area (Å²) < 4.78 is 0. The Morgan fingerprint density at radius 1 is 1.42 bits per heavy atom. The Morgan fingerprint density at radius 2 is 2.21 bits per heavy atom. The molecular formula is C15H19NO3. The quantitative estimate of drug-likeness (QED) is 0.745. The third-order valence-electron chi connectivity index (χ3n) is 3.37. The molecule has 4 nitrogen and oxygen atoms in total. The van der Waals surface area contributed by atoms with Gasteiger partial charge in [-0.2, -0.15) is 0 Å². The van der Waals surface area contributed by atoms with E-state index in [2.05, 4.69) is 5.32 Å². The number of fused-ring (bicyclic) bond motifs is 1. The van der Waals surface area contributed by atoms with Gasteiger partial charge < -0.3 is 15.5 Å². The zero-order valence-corrected chi connectivity index (χ0v) is 11.0. The first-order valence-corrected chi connectivity index (χ1v) is 6.48. The summed E-state index contributed by atoms with van der Waals surface area (Å²) in [5, 5.41) is 22.8. The number of hydrogen-bond donors (Lipinski definition) is 3. The van der Waals surface area contributed by atoms with Crippen LogP contribution in [0.5, 0.6) is 0 Å². The van der Waals surface area contributed by atoms with Crippen LogP contribution in [-0.4, -0.2) is 28.8 Å². The molecule has 0 aromatic heterocycles. The molecule has 2 rings (SSSR count). The van der Waals surface area contributed by atoms with Crippen molar-refractivity contribution in [2.75, 3.05) is 6.54 Å². The molecule has 102 valence electrons. The second-order valence-electron chi connectivity index (χ2n) is 4.81. The Bertz CT molecular complexity index is 496. The van der Waals surface area contributed by atoms with E-state index in [-0.39, 0.29) is 5.91 Å². The highest BCUT2D eigenvalue weighted by molar-refractivity contribution is 5.72. The molecule has 0 saturated carbocycles. The highest BCUT2D eigenvalue weighted by atomic mass is 16.3. The molecule has 3 N–H and O–H groups in total. The average molecular weight is 261 g/mol. The van der Waals surface area contributed by atoms with Crippen molar-refractivity contribution in [1.29, 1.82) is 0 Å². The van der Waals surface area contributed by atoms with Crippen molar-refractivity contribution in [2.45, 2.75) is 32.0 Å². The lowest BCUT2D eigenvalue weighted by Crippen LogP contribution is -2.28. The first-order valence-electron chi connectivity index (χ1n) is 6.48. The highest BCUT2D eigenvalue weighted by Gasteiger charge is 2.22. The van der Waals surface area contributed by atoms with Crippen LogP contribution in [0.4, 0.5) is 0 Å². The predicted molar refractivity (Wildman–Crippen MR) is 73.4 cm³/mol. The van der Waals surface area contributed by atoms with Crippen LogP contribution in [0, 0.1) is 0 Å². The fourth-order valence-corrected chi connectivity index (χ4v) is 2.36. The third kappa shape index (κ3) is 3.22. The van der Waals surface area contributed by atoms with Gasteiger partial charge in [0.2, 0.25) is 5.91 Å². The monoisotopic (exact) mass is 261 g/mol. The van der Waals surface area contributed by atoms with Crippen LogP contribution in [0.1, 0.15) is 36.1 Å². The van der Waals surface area contributed by atoms with Gasteiger partial charge in [0.1, 0.15) is 6.10 Å². The van der Waals surface area contributed by atoms with Gasteiger partial charge in [-0.05, 0) is 29.5 Å². The molecule has 0 saturated heterocycles. The van der Waals surface area contributed by atoms with Gasteiger partial charge in [-0.15, -0.1) is 0 Å². The topological polar surface area (TPSA) is 69.6 Å². The summed E-state index contributed by atoms with van der Waals surface area (Å²) in [4.78, 5) is 10.8. The van der Waals surface area contributed by atoms with Crippen molar-refractivity contribution >= 4 is 12.0 Å². The second-order valence-corrected chi connectivity index (χ2v) is 4.81. The van der Waals surface area contributed by atoms with Gasteiger partial charge in [0.25, 0.3) is 0 Å². The summed E-state index contributed by atoms with van der Waals surface area (Å²) in [6.07, 6.45) is 3.40. The summed E-state index contributed by atoms with van der Waals surface area (Å²) in [7, 11) is 0. The van der Waals surface area contributed by atoms with Gasteiger partial charge in [0.15, 0.2) is 0 Å². The molecule has 0 heterocycles. The van der Waals surface area contributed by atoms with Crippen LogP contribution >= 0.6 is 0 Å². The normalized spacial score (nSPS) is 15.9. The SMILES string of the molecule is CC(=O)NCCC(O)C(O)c1cccc2c1CC=C2. The van der Waals surface area contributed by atoms with E-state index in [1.54, 1.807) is 0 Å². The van der Waals surface area contributed by atoms with Gasteiger partial charge in [-0.3, -0.25) is 4.79 Å². The zero-order chi connectivity index (χ0) is 13.8. The van der Waals surface area contributed by atoms with E-state index in [0.29, 0.717) is 13.0 Å². The van der Waals surface area contributed by atoms with Gasteiger partial charge in [0, 0.05) is 13.5 Å². The number of benzene rings is 1. The van der Waals surface area contributed by atoms with E-state index in [1.807, 2.05) is 30.4 Å². The van der Waals surface area contributed by atoms with Gasteiger partial charge in [-0.1, -0.05) is 30.4 Å². The first kappa shape index (κ1) is 13.8. The summed E-state index contributed by atoms with van der Waals surface area (Å²) >= 11 is 0. The van der Waals surface area contributed by atoms with Crippen LogP contribution in [0.15, 0.2) is 24.3 Å². The van der Waals surface area contributed by atoms with Crippen molar-refractivity contribution < 1.29 is 15.0 Å². The number of rotatable bonds is 5. The zero-order valence-electron chi connectivity index (χ0n) is 11.0. The molecule has 4 heteroatoms. The lowest BCUT2D eigenvalue weighted by Gasteiger charge is -2.20. The number of allylic oxidation sites excluding steroid dienone is 1. The molecule has 1 aromatic rings. The van der Waals surface area contributed by atoms with Gasteiger partial charge in [0.05, 0.1) is 6.10 Å². The lowest BCUT2D eigenvalue weighted by molar-refractivity contribution is -0.119. The van der Waals surface area contributed by atoms with E-state index in [9.17, 15) is 15.0 Å². The second kappa shape index (κ2) is 5.99. The number of carbonyl (C=O) groups is 1. The van der Waals surface area contributed by atoms with E-state index in [4.69, 9.17) is 0 Å². The number of amides is 1. The molecule has 0 aliphatic heterocycles. The summed E-state index contributed by atoms with van der Waals surface area (Å²) in [5.41, 5.74) is 2.96. The molecule has 2 unspecified atom stereocenters. The lowest BCUT2D eigenvalue weighted by atomic mass is 9.94. The molecule has 1 aliphatic rings.